The van der Waals surface area contributed by atoms with E-state index in [4.69, 9.17) is 4.74 Å². The smallest absolute Gasteiger partial charge is 0.241 e. The summed E-state index contributed by atoms with van der Waals surface area (Å²) in [6.07, 6.45) is 3.56. The molecule has 2 rings (SSSR count). The van der Waals surface area contributed by atoms with Gasteiger partial charge >= 0.3 is 0 Å². The highest BCUT2D eigenvalue weighted by molar-refractivity contribution is 5.83. The number of likely N-dealkylation sites (N-methyl/N-ethyl adjacent to an activating group) is 1. The van der Waals surface area contributed by atoms with Crippen LogP contribution in [-0.4, -0.2) is 35.9 Å². The minimum absolute atomic E-state index is 0.0598. The number of amides is 1. The Morgan fingerprint density at radius 1 is 1.26 bits per heavy atom. The maximum Gasteiger partial charge on any atom is 0.241 e. The fourth-order valence-corrected chi connectivity index (χ4v) is 2.82. The Morgan fingerprint density at radius 2 is 1.93 bits per heavy atom. The molecule has 0 saturated heterocycles. The molecule has 0 saturated carbocycles. The number of ether oxygens (including phenoxy) is 1. The van der Waals surface area contributed by atoms with Crippen molar-refractivity contribution in [1.82, 2.24) is 20.4 Å². The summed E-state index contributed by atoms with van der Waals surface area (Å²) >= 11 is 0. The Balaban J connectivity index is 1.97. The van der Waals surface area contributed by atoms with Crippen molar-refractivity contribution in [3.05, 3.63) is 47.8 Å². The highest BCUT2D eigenvalue weighted by atomic mass is 16.5. The molecule has 0 aliphatic rings. The zero-order valence-corrected chi connectivity index (χ0v) is 17.2. The van der Waals surface area contributed by atoms with Crippen molar-refractivity contribution in [3.63, 3.8) is 0 Å². The van der Waals surface area contributed by atoms with Gasteiger partial charge in [0.15, 0.2) is 0 Å². The third-order valence-corrected chi connectivity index (χ3v) is 4.53. The molecule has 0 radical (unpaired) electrons. The fraction of sp³-hybridized carbons (Fsp3) is 0.524. The second-order valence-corrected chi connectivity index (χ2v) is 8.00. The topological polar surface area (TPSA) is 68.2 Å². The maximum absolute atomic E-state index is 12.6. The summed E-state index contributed by atoms with van der Waals surface area (Å²) in [6.45, 7) is 9.74. The zero-order chi connectivity index (χ0) is 20.0. The van der Waals surface area contributed by atoms with Crippen molar-refractivity contribution in [2.24, 2.45) is 13.0 Å². The van der Waals surface area contributed by atoms with E-state index in [0.29, 0.717) is 19.1 Å². The Bertz CT molecular complexity index is 735. The van der Waals surface area contributed by atoms with Gasteiger partial charge in [-0.2, -0.15) is 5.10 Å². The van der Waals surface area contributed by atoms with E-state index in [1.54, 1.807) is 17.9 Å². The molecule has 2 aromatic rings. The summed E-state index contributed by atoms with van der Waals surface area (Å²) in [5.74, 6) is 1.31. The quantitative estimate of drug-likeness (QED) is 0.710. The molecule has 0 spiro atoms. The van der Waals surface area contributed by atoms with Crippen molar-refractivity contribution >= 4 is 5.91 Å². The number of carbonyl (C=O) groups is 1. The van der Waals surface area contributed by atoms with Crippen LogP contribution in [0.15, 0.2) is 36.7 Å². The molecule has 6 nitrogen and oxygen atoms in total. The molecule has 0 aliphatic heterocycles. The molecule has 0 fully saturated rings. The lowest BCUT2D eigenvalue weighted by Gasteiger charge is -2.27. The first-order chi connectivity index (χ1) is 12.7. The fourth-order valence-electron chi connectivity index (χ4n) is 2.82. The molecule has 6 heteroatoms. The van der Waals surface area contributed by atoms with Crippen LogP contribution in [0.25, 0.3) is 0 Å². The van der Waals surface area contributed by atoms with Gasteiger partial charge in [0, 0.05) is 30.8 Å². The van der Waals surface area contributed by atoms with Gasteiger partial charge in [-0.05, 0) is 30.7 Å². The van der Waals surface area contributed by atoms with E-state index in [9.17, 15) is 4.79 Å². The average Bonchev–Trinajstić information content (AvgIpc) is 3.05. The molecule has 2 N–H and O–H groups in total. The van der Waals surface area contributed by atoms with Gasteiger partial charge in [-0.3, -0.25) is 9.48 Å². The number of hydrogen-bond donors (Lipinski definition) is 2. The van der Waals surface area contributed by atoms with Gasteiger partial charge < -0.3 is 15.4 Å². The number of nitrogens with one attached hydrogen (secondary N) is 2. The van der Waals surface area contributed by atoms with Crippen LogP contribution in [0.2, 0.25) is 0 Å². The number of hydrogen-bond acceptors (Lipinski definition) is 4. The number of rotatable bonds is 9. The van der Waals surface area contributed by atoms with Crippen LogP contribution in [0.5, 0.6) is 5.75 Å². The lowest BCUT2D eigenvalue weighted by atomic mass is 9.84. The van der Waals surface area contributed by atoms with Gasteiger partial charge in [-0.1, -0.05) is 39.8 Å². The zero-order valence-electron chi connectivity index (χ0n) is 17.2. The second kappa shape index (κ2) is 9.04. The van der Waals surface area contributed by atoms with E-state index in [1.807, 2.05) is 25.4 Å². The third kappa shape index (κ3) is 5.82. The SMILES string of the molecule is CNC(C(=O)NCC(C)(C)c1ccc(OCC(C)C)cc1)c1cnn(C)c1. The number of nitrogens with zero attached hydrogens (tertiary/aromatic N) is 2. The molecule has 1 atom stereocenters. The van der Waals surface area contributed by atoms with Gasteiger partial charge in [-0.15, -0.1) is 0 Å². The van der Waals surface area contributed by atoms with Crippen LogP contribution in [0.3, 0.4) is 0 Å². The Labute approximate surface area is 162 Å². The number of benzene rings is 1. The lowest BCUT2D eigenvalue weighted by molar-refractivity contribution is -0.123. The van der Waals surface area contributed by atoms with Gasteiger partial charge in [-0.25, -0.2) is 0 Å². The Morgan fingerprint density at radius 3 is 2.44 bits per heavy atom. The lowest BCUT2D eigenvalue weighted by Crippen LogP contribution is -2.42. The van der Waals surface area contributed by atoms with Crippen LogP contribution in [0, 0.1) is 5.92 Å². The molecule has 0 aliphatic carbocycles. The number of carbonyl (C=O) groups excluding carboxylic acids is 1. The summed E-state index contributed by atoms with van der Waals surface area (Å²) < 4.78 is 7.44. The molecular formula is C21H32N4O2. The van der Waals surface area contributed by atoms with Gasteiger partial charge in [0.1, 0.15) is 11.8 Å². The first-order valence-corrected chi connectivity index (χ1v) is 9.40. The summed E-state index contributed by atoms with van der Waals surface area (Å²) in [7, 11) is 3.62. The molecule has 1 unspecified atom stereocenters. The van der Waals surface area contributed by atoms with E-state index in [0.717, 1.165) is 16.9 Å². The standard InChI is InChI=1S/C21H32N4O2/c1-15(2)13-27-18-9-7-17(8-10-18)21(3,4)14-23-20(26)19(22-5)16-11-24-25(6)12-16/h7-12,15,19,22H,13-14H2,1-6H3,(H,23,26). The van der Waals surface area contributed by atoms with Crippen molar-refractivity contribution in [2.75, 3.05) is 20.2 Å². The minimum Gasteiger partial charge on any atom is -0.493 e. The number of aromatic nitrogens is 2. The van der Waals surface area contributed by atoms with Crippen LogP contribution >= 0.6 is 0 Å². The van der Waals surface area contributed by atoms with E-state index < -0.39 is 6.04 Å². The normalized spacial score (nSPS) is 12.9. The minimum atomic E-state index is -0.415. The third-order valence-electron chi connectivity index (χ3n) is 4.53. The predicted octanol–water partition coefficient (Wildman–Crippen LogP) is 2.81. The van der Waals surface area contributed by atoms with E-state index in [1.165, 1.54) is 0 Å². The van der Waals surface area contributed by atoms with E-state index in [-0.39, 0.29) is 11.3 Å². The van der Waals surface area contributed by atoms with Crippen molar-refractivity contribution < 1.29 is 9.53 Å². The van der Waals surface area contributed by atoms with Gasteiger partial charge in [0.2, 0.25) is 5.91 Å². The molecule has 1 aromatic carbocycles. The van der Waals surface area contributed by atoms with Crippen molar-refractivity contribution in [2.45, 2.75) is 39.2 Å². The summed E-state index contributed by atoms with van der Waals surface area (Å²) in [5.41, 5.74) is 1.81. The Hall–Kier alpha value is -2.34. The monoisotopic (exact) mass is 372 g/mol. The average molecular weight is 373 g/mol. The first kappa shape index (κ1) is 21.0. The van der Waals surface area contributed by atoms with Crippen LogP contribution < -0.4 is 15.4 Å². The highest BCUT2D eigenvalue weighted by Crippen LogP contribution is 2.25. The van der Waals surface area contributed by atoms with Crippen LogP contribution in [0.1, 0.15) is 44.9 Å². The molecule has 1 aromatic heterocycles. The van der Waals surface area contributed by atoms with Gasteiger partial charge in [0.05, 0.1) is 12.8 Å². The first-order valence-electron chi connectivity index (χ1n) is 9.40. The molecule has 27 heavy (non-hydrogen) atoms. The maximum atomic E-state index is 12.6. The molecule has 1 heterocycles. The van der Waals surface area contributed by atoms with Crippen LogP contribution in [0.4, 0.5) is 0 Å². The highest BCUT2D eigenvalue weighted by Gasteiger charge is 2.25. The molecule has 1 amide bonds. The summed E-state index contributed by atoms with van der Waals surface area (Å²) in [5, 5.41) is 10.3. The number of aryl methyl sites for hydroxylation is 1. The molecular weight excluding hydrogens is 340 g/mol. The summed E-state index contributed by atoms with van der Waals surface area (Å²) in [4.78, 5) is 12.6. The summed E-state index contributed by atoms with van der Waals surface area (Å²) in [6, 6.07) is 7.71. The van der Waals surface area contributed by atoms with Crippen molar-refractivity contribution in [3.8, 4) is 5.75 Å². The second-order valence-electron chi connectivity index (χ2n) is 8.00. The van der Waals surface area contributed by atoms with E-state index >= 15 is 0 Å². The van der Waals surface area contributed by atoms with Gasteiger partial charge in [0.25, 0.3) is 0 Å². The van der Waals surface area contributed by atoms with Crippen LogP contribution in [-0.2, 0) is 17.3 Å². The largest absolute Gasteiger partial charge is 0.493 e. The predicted molar refractivity (Wildman–Crippen MR) is 108 cm³/mol. The molecule has 0 bridgehead atoms. The molecule has 148 valence electrons. The Kier molecular flexibility index (Phi) is 7.02. The van der Waals surface area contributed by atoms with Crippen molar-refractivity contribution in [1.29, 1.82) is 0 Å². The van der Waals surface area contributed by atoms with E-state index in [2.05, 4.69) is 55.6 Å².